The maximum absolute atomic E-state index is 12.4. The SMILES string of the molecule is C[Si](C)OC(c1ccc(C(=O)c2cccnc2)cc1)C(C)(C)C. The standard InChI is InChI=1S/C19H24NO2Si/c1-19(2,3)18(22-23(4)5)15-10-8-14(9-11-15)17(21)16-7-6-12-20-13-16/h6-13,18H,1-5H3. The smallest absolute Gasteiger partial charge is 0.205 e. The number of rotatable bonds is 5. The lowest BCUT2D eigenvalue weighted by molar-refractivity contribution is 0.0865. The largest absolute Gasteiger partial charge is 0.410 e. The molecule has 0 aliphatic heterocycles. The second-order valence-electron chi connectivity index (χ2n) is 6.96. The number of hydrogen-bond acceptors (Lipinski definition) is 3. The van der Waals surface area contributed by atoms with Crippen molar-refractivity contribution in [2.75, 3.05) is 0 Å². The van der Waals surface area contributed by atoms with Gasteiger partial charge in [-0.2, -0.15) is 0 Å². The molecule has 2 aromatic rings. The van der Waals surface area contributed by atoms with Gasteiger partial charge in [-0.25, -0.2) is 0 Å². The molecule has 1 aromatic heterocycles. The zero-order valence-electron chi connectivity index (χ0n) is 14.5. The molecule has 0 spiro atoms. The maximum Gasteiger partial charge on any atom is 0.205 e. The summed E-state index contributed by atoms with van der Waals surface area (Å²) in [7, 11) is -0.807. The summed E-state index contributed by atoms with van der Waals surface area (Å²) in [6, 6.07) is 11.3. The van der Waals surface area contributed by atoms with E-state index in [0.717, 1.165) is 5.56 Å². The molecule has 1 radical (unpaired) electrons. The molecular weight excluding hydrogens is 302 g/mol. The molecule has 3 nitrogen and oxygen atoms in total. The van der Waals surface area contributed by atoms with Crippen LogP contribution in [-0.2, 0) is 4.43 Å². The van der Waals surface area contributed by atoms with E-state index in [4.69, 9.17) is 4.43 Å². The zero-order valence-corrected chi connectivity index (χ0v) is 15.5. The number of carbonyl (C=O) groups excluding carboxylic acids is 1. The quantitative estimate of drug-likeness (QED) is 0.592. The monoisotopic (exact) mass is 326 g/mol. The Morgan fingerprint density at radius 1 is 1.09 bits per heavy atom. The third-order valence-electron chi connectivity index (χ3n) is 3.54. The van der Waals surface area contributed by atoms with E-state index in [1.165, 1.54) is 0 Å². The molecular formula is C19H24NO2Si. The van der Waals surface area contributed by atoms with Crippen molar-refractivity contribution in [2.45, 2.75) is 40.0 Å². The van der Waals surface area contributed by atoms with Gasteiger partial charge in [0.1, 0.15) is 0 Å². The minimum Gasteiger partial charge on any atom is -0.410 e. The maximum atomic E-state index is 12.4. The summed E-state index contributed by atoms with van der Waals surface area (Å²) in [5, 5.41) is 0. The van der Waals surface area contributed by atoms with Gasteiger partial charge in [0, 0.05) is 23.5 Å². The number of nitrogens with zero attached hydrogens (tertiary/aromatic N) is 1. The minimum absolute atomic E-state index is 0.00592. The summed E-state index contributed by atoms with van der Waals surface area (Å²) in [4.78, 5) is 16.4. The summed E-state index contributed by atoms with van der Waals surface area (Å²) >= 11 is 0. The Kier molecular flexibility index (Phi) is 5.49. The fourth-order valence-corrected chi connectivity index (χ4v) is 3.41. The Morgan fingerprint density at radius 2 is 1.74 bits per heavy atom. The molecule has 0 N–H and O–H groups in total. The van der Waals surface area contributed by atoms with Gasteiger partial charge < -0.3 is 4.43 Å². The number of hydrogen-bond donors (Lipinski definition) is 0. The molecule has 4 heteroatoms. The first-order valence-corrected chi connectivity index (χ1v) is 10.2. The summed E-state index contributed by atoms with van der Waals surface area (Å²) < 4.78 is 6.19. The summed E-state index contributed by atoms with van der Waals surface area (Å²) in [5.74, 6) is -0.00592. The van der Waals surface area contributed by atoms with Gasteiger partial charge in [-0.1, -0.05) is 45.0 Å². The van der Waals surface area contributed by atoms with Crippen LogP contribution in [0.4, 0.5) is 0 Å². The predicted octanol–water partition coefficient (Wildman–Crippen LogP) is 4.67. The van der Waals surface area contributed by atoms with Gasteiger partial charge in [0.15, 0.2) is 5.78 Å². The average Bonchev–Trinajstić information content (AvgIpc) is 2.52. The topological polar surface area (TPSA) is 39.2 Å². The minimum atomic E-state index is -0.807. The van der Waals surface area contributed by atoms with Crippen molar-refractivity contribution in [1.82, 2.24) is 4.98 Å². The van der Waals surface area contributed by atoms with Gasteiger partial charge in [-0.3, -0.25) is 9.78 Å². The van der Waals surface area contributed by atoms with Crippen LogP contribution in [0, 0.1) is 5.41 Å². The summed E-state index contributed by atoms with van der Waals surface area (Å²) in [5.41, 5.74) is 2.41. The first-order valence-electron chi connectivity index (χ1n) is 7.80. The highest BCUT2D eigenvalue weighted by Crippen LogP contribution is 2.36. The average molecular weight is 326 g/mol. The molecule has 1 atom stereocenters. The molecule has 23 heavy (non-hydrogen) atoms. The highest BCUT2D eigenvalue weighted by molar-refractivity contribution is 6.48. The Morgan fingerprint density at radius 3 is 2.22 bits per heavy atom. The van der Waals surface area contributed by atoms with Crippen LogP contribution < -0.4 is 0 Å². The molecule has 121 valence electrons. The van der Waals surface area contributed by atoms with Crippen LogP contribution in [0.15, 0.2) is 48.8 Å². The van der Waals surface area contributed by atoms with Gasteiger partial charge >= 0.3 is 0 Å². The molecule has 1 unspecified atom stereocenters. The molecule has 0 saturated heterocycles. The van der Waals surface area contributed by atoms with Crippen molar-refractivity contribution in [3.8, 4) is 0 Å². The Hall–Kier alpha value is -1.78. The molecule has 1 heterocycles. The van der Waals surface area contributed by atoms with Gasteiger partial charge in [0.25, 0.3) is 0 Å². The van der Waals surface area contributed by atoms with Gasteiger partial charge in [-0.15, -0.1) is 0 Å². The van der Waals surface area contributed by atoms with Gasteiger partial charge in [0.2, 0.25) is 9.04 Å². The van der Waals surface area contributed by atoms with Crippen molar-refractivity contribution < 1.29 is 9.22 Å². The number of carbonyl (C=O) groups is 1. The molecule has 0 saturated carbocycles. The van der Waals surface area contributed by atoms with Crippen LogP contribution in [-0.4, -0.2) is 19.8 Å². The fourth-order valence-electron chi connectivity index (χ4n) is 2.45. The lowest BCUT2D eigenvalue weighted by Crippen LogP contribution is -2.25. The summed E-state index contributed by atoms with van der Waals surface area (Å²) in [6.07, 6.45) is 3.30. The van der Waals surface area contributed by atoms with E-state index in [1.807, 2.05) is 24.3 Å². The van der Waals surface area contributed by atoms with E-state index >= 15 is 0 Å². The van der Waals surface area contributed by atoms with E-state index in [0.29, 0.717) is 11.1 Å². The first-order chi connectivity index (χ1) is 10.8. The van der Waals surface area contributed by atoms with Crippen molar-refractivity contribution in [1.29, 1.82) is 0 Å². The van der Waals surface area contributed by atoms with E-state index in [2.05, 4.69) is 38.8 Å². The fraction of sp³-hybridized carbons (Fsp3) is 0.368. The molecule has 0 aliphatic rings. The van der Waals surface area contributed by atoms with E-state index in [9.17, 15) is 4.79 Å². The number of ketones is 1. The Bertz CT molecular complexity index is 645. The third-order valence-corrected chi connectivity index (χ3v) is 4.25. The van der Waals surface area contributed by atoms with Crippen LogP contribution in [0.5, 0.6) is 0 Å². The van der Waals surface area contributed by atoms with Crippen molar-refractivity contribution in [3.05, 3.63) is 65.5 Å². The van der Waals surface area contributed by atoms with Crippen molar-refractivity contribution >= 4 is 14.8 Å². The first kappa shape index (κ1) is 17.6. The summed E-state index contributed by atoms with van der Waals surface area (Å²) in [6.45, 7) is 10.8. The zero-order chi connectivity index (χ0) is 17.0. The predicted molar refractivity (Wildman–Crippen MR) is 94.9 cm³/mol. The van der Waals surface area contributed by atoms with Crippen LogP contribution >= 0.6 is 0 Å². The lowest BCUT2D eigenvalue weighted by atomic mass is 9.84. The highest BCUT2D eigenvalue weighted by Gasteiger charge is 2.28. The van der Waals surface area contributed by atoms with Crippen LogP contribution in [0.3, 0.4) is 0 Å². The molecule has 0 fully saturated rings. The third kappa shape index (κ3) is 4.59. The number of aromatic nitrogens is 1. The molecule has 0 amide bonds. The number of pyridine rings is 1. The molecule has 0 bridgehead atoms. The highest BCUT2D eigenvalue weighted by atomic mass is 28.3. The van der Waals surface area contributed by atoms with E-state index < -0.39 is 9.04 Å². The van der Waals surface area contributed by atoms with Crippen LogP contribution in [0.1, 0.15) is 48.4 Å². The number of benzene rings is 1. The van der Waals surface area contributed by atoms with Gasteiger partial charge in [-0.05, 0) is 36.2 Å². The van der Waals surface area contributed by atoms with Gasteiger partial charge in [0.05, 0.1) is 6.10 Å². The van der Waals surface area contributed by atoms with Crippen LogP contribution in [0.2, 0.25) is 13.1 Å². The Labute approximate surface area is 140 Å². The second kappa shape index (κ2) is 7.19. The van der Waals surface area contributed by atoms with Crippen molar-refractivity contribution in [2.24, 2.45) is 5.41 Å². The molecule has 1 aromatic carbocycles. The van der Waals surface area contributed by atoms with E-state index in [-0.39, 0.29) is 17.3 Å². The molecule has 0 aliphatic carbocycles. The lowest BCUT2D eigenvalue weighted by Gasteiger charge is -2.32. The second-order valence-corrected chi connectivity index (χ2v) is 9.02. The van der Waals surface area contributed by atoms with Crippen LogP contribution in [0.25, 0.3) is 0 Å². The van der Waals surface area contributed by atoms with Crippen molar-refractivity contribution in [3.63, 3.8) is 0 Å². The normalized spacial score (nSPS) is 13.1. The molecule has 2 rings (SSSR count). The Balaban J connectivity index is 2.25. The van der Waals surface area contributed by atoms with E-state index in [1.54, 1.807) is 24.5 Å².